The summed E-state index contributed by atoms with van der Waals surface area (Å²) in [4.78, 5) is 14.6. The maximum atomic E-state index is 12.2. The van der Waals surface area contributed by atoms with Gasteiger partial charge in [-0.15, -0.1) is 0 Å². The second-order valence-electron chi connectivity index (χ2n) is 5.82. The van der Waals surface area contributed by atoms with Gasteiger partial charge < -0.3 is 9.73 Å². The number of carbonyl (C=O) groups is 1. The SMILES string of the molecule is O=C(NC[C@H](c1ccccc1Cl)N1CCCCC1)c1ccco1. The number of nitrogens with one attached hydrogen (secondary N) is 1. The summed E-state index contributed by atoms with van der Waals surface area (Å²) < 4.78 is 5.15. The lowest BCUT2D eigenvalue weighted by Gasteiger charge is -2.35. The van der Waals surface area contributed by atoms with Gasteiger partial charge in [-0.1, -0.05) is 36.2 Å². The van der Waals surface area contributed by atoms with Crippen LogP contribution in [0.25, 0.3) is 0 Å². The monoisotopic (exact) mass is 332 g/mol. The molecule has 1 aliphatic heterocycles. The predicted octanol–water partition coefficient (Wildman–Crippen LogP) is 3.89. The highest BCUT2D eigenvalue weighted by molar-refractivity contribution is 6.31. The van der Waals surface area contributed by atoms with Crippen LogP contribution in [0.5, 0.6) is 0 Å². The zero-order valence-electron chi connectivity index (χ0n) is 13.0. The number of carbonyl (C=O) groups excluding carboxylic acids is 1. The molecule has 2 aromatic rings. The molecule has 1 aliphatic rings. The zero-order chi connectivity index (χ0) is 16.1. The number of halogens is 1. The molecule has 4 nitrogen and oxygen atoms in total. The van der Waals surface area contributed by atoms with Gasteiger partial charge in [-0.05, 0) is 49.7 Å². The van der Waals surface area contributed by atoms with Gasteiger partial charge in [0.2, 0.25) is 0 Å². The maximum absolute atomic E-state index is 12.2. The number of nitrogens with zero attached hydrogens (tertiary/aromatic N) is 1. The van der Waals surface area contributed by atoms with E-state index >= 15 is 0 Å². The van der Waals surface area contributed by atoms with Crippen LogP contribution in [0.3, 0.4) is 0 Å². The molecule has 1 N–H and O–H groups in total. The van der Waals surface area contributed by atoms with Crippen LogP contribution in [0.15, 0.2) is 47.1 Å². The van der Waals surface area contributed by atoms with E-state index in [0.29, 0.717) is 12.3 Å². The normalized spacial score (nSPS) is 16.9. The smallest absolute Gasteiger partial charge is 0.287 e. The van der Waals surface area contributed by atoms with E-state index in [0.717, 1.165) is 23.7 Å². The van der Waals surface area contributed by atoms with E-state index in [1.165, 1.54) is 25.5 Å². The zero-order valence-corrected chi connectivity index (χ0v) is 13.8. The molecule has 0 aliphatic carbocycles. The summed E-state index contributed by atoms with van der Waals surface area (Å²) in [6, 6.07) is 11.3. The second kappa shape index (κ2) is 7.66. The third-order valence-corrected chi connectivity index (χ3v) is 4.64. The minimum Gasteiger partial charge on any atom is -0.459 e. The average Bonchev–Trinajstić information content (AvgIpc) is 3.12. The van der Waals surface area contributed by atoms with Gasteiger partial charge in [-0.2, -0.15) is 0 Å². The van der Waals surface area contributed by atoms with Crippen molar-refractivity contribution in [1.29, 1.82) is 0 Å². The molecule has 1 atom stereocenters. The van der Waals surface area contributed by atoms with E-state index in [9.17, 15) is 4.79 Å². The lowest BCUT2D eigenvalue weighted by Crippen LogP contribution is -2.40. The molecule has 5 heteroatoms. The van der Waals surface area contributed by atoms with Crippen molar-refractivity contribution in [3.63, 3.8) is 0 Å². The number of likely N-dealkylation sites (tertiary alicyclic amines) is 1. The predicted molar refractivity (Wildman–Crippen MR) is 90.7 cm³/mol. The summed E-state index contributed by atoms with van der Waals surface area (Å²) in [7, 11) is 0. The van der Waals surface area contributed by atoms with Gasteiger partial charge in [0, 0.05) is 11.6 Å². The molecule has 0 unspecified atom stereocenters. The lowest BCUT2D eigenvalue weighted by molar-refractivity contribution is 0.0897. The van der Waals surface area contributed by atoms with Crippen LogP contribution in [0.4, 0.5) is 0 Å². The average molecular weight is 333 g/mol. The van der Waals surface area contributed by atoms with Gasteiger partial charge in [-0.25, -0.2) is 0 Å². The van der Waals surface area contributed by atoms with Crippen molar-refractivity contribution in [3.8, 4) is 0 Å². The van der Waals surface area contributed by atoms with Gasteiger partial charge in [0.1, 0.15) is 0 Å². The molecule has 1 aromatic carbocycles. The van der Waals surface area contributed by atoms with Gasteiger partial charge in [0.25, 0.3) is 5.91 Å². The number of hydrogen-bond acceptors (Lipinski definition) is 3. The van der Waals surface area contributed by atoms with E-state index in [-0.39, 0.29) is 11.9 Å². The first-order valence-electron chi connectivity index (χ1n) is 8.06. The Morgan fingerprint density at radius 1 is 1.17 bits per heavy atom. The van der Waals surface area contributed by atoms with E-state index in [1.54, 1.807) is 12.1 Å². The van der Waals surface area contributed by atoms with Crippen LogP contribution >= 0.6 is 11.6 Å². The lowest BCUT2D eigenvalue weighted by atomic mass is 10.0. The van der Waals surface area contributed by atoms with E-state index in [2.05, 4.69) is 10.2 Å². The molecule has 2 heterocycles. The highest BCUT2D eigenvalue weighted by atomic mass is 35.5. The highest BCUT2D eigenvalue weighted by Gasteiger charge is 2.24. The molecular formula is C18H21ClN2O2. The van der Waals surface area contributed by atoms with Crippen molar-refractivity contribution in [2.45, 2.75) is 25.3 Å². The maximum Gasteiger partial charge on any atom is 0.287 e. The van der Waals surface area contributed by atoms with Crippen molar-refractivity contribution in [3.05, 3.63) is 59.0 Å². The summed E-state index contributed by atoms with van der Waals surface area (Å²) in [6.45, 7) is 2.59. The Morgan fingerprint density at radius 3 is 2.65 bits per heavy atom. The Labute approximate surface area is 141 Å². The van der Waals surface area contributed by atoms with Crippen LogP contribution < -0.4 is 5.32 Å². The topological polar surface area (TPSA) is 45.5 Å². The molecule has 1 aromatic heterocycles. The Bertz CT molecular complexity index is 636. The third-order valence-electron chi connectivity index (χ3n) is 4.30. The van der Waals surface area contributed by atoms with Crippen molar-refractivity contribution >= 4 is 17.5 Å². The van der Waals surface area contributed by atoms with E-state index < -0.39 is 0 Å². The van der Waals surface area contributed by atoms with Crippen LogP contribution in [0.2, 0.25) is 5.02 Å². The van der Waals surface area contributed by atoms with Gasteiger partial charge in [0.05, 0.1) is 12.3 Å². The van der Waals surface area contributed by atoms with Crippen molar-refractivity contribution in [2.75, 3.05) is 19.6 Å². The van der Waals surface area contributed by atoms with E-state index in [4.69, 9.17) is 16.0 Å². The van der Waals surface area contributed by atoms with Crippen molar-refractivity contribution in [2.24, 2.45) is 0 Å². The number of hydrogen-bond donors (Lipinski definition) is 1. The Morgan fingerprint density at radius 2 is 1.96 bits per heavy atom. The molecule has 3 rings (SSSR count). The van der Waals surface area contributed by atoms with E-state index in [1.807, 2.05) is 24.3 Å². The summed E-state index contributed by atoms with van der Waals surface area (Å²) in [5.41, 5.74) is 1.07. The standard InChI is InChI=1S/C18H21ClN2O2/c19-15-8-3-2-7-14(15)16(21-10-4-1-5-11-21)13-20-18(22)17-9-6-12-23-17/h2-3,6-9,12,16H,1,4-5,10-11,13H2,(H,20,22)/t16-/m1/s1. The van der Waals surface area contributed by atoms with Gasteiger partial charge >= 0.3 is 0 Å². The molecule has 1 saturated heterocycles. The largest absolute Gasteiger partial charge is 0.459 e. The fraction of sp³-hybridized carbons (Fsp3) is 0.389. The molecule has 1 amide bonds. The van der Waals surface area contributed by atoms with Gasteiger partial charge in [0.15, 0.2) is 5.76 Å². The minimum absolute atomic E-state index is 0.0860. The number of rotatable bonds is 5. The third kappa shape index (κ3) is 3.95. The summed E-state index contributed by atoms with van der Waals surface area (Å²) >= 11 is 6.40. The number of amides is 1. The molecule has 0 saturated carbocycles. The van der Waals surface area contributed by atoms with Gasteiger partial charge in [-0.3, -0.25) is 9.69 Å². The molecule has 23 heavy (non-hydrogen) atoms. The fourth-order valence-electron chi connectivity index (χ4n) is 3.10. The van der Waals surface area contributed by atoms with Crippen molar-refractivity contribution < 1.29 is 9.21 Å². The van der Waals surface area contributed by atoms with Crippen LogP contribution in [-0.2, 0) is 0 Å². The number of benzene rings is 1. The first-order valence-corrected chi connectivity index (χ1v) is 8.43. The summed E-state index contributed by atoms with van der Waals surface area (Å²) in [6.07, 6.45) is 5.15. The molecule has 0 bridgehead atoms. The quantitative estimate of drug-likeness (QED) is 0.903. The van der Waals surface area contributed by atoms with Crippen molar-refractivity contribution in [1.82, 2.24) is 10.2 Å². The molecule has 0 radical (unpaired) electrons. The summed E-state index contributed by atoms with van der Waals surface area (Å²) in [5.74, 6) is 0.144. The number of piperidine rings is 1. The fourth-order valence-corrected chi connectivity index (χ4v) is 3.36. The molecule has 0 spiro atoms. The number of furan rings is 1. The molecular weight excluding hydrogens is 312 g/mol. The first-order chi connectivity index (χ1) is 11.3. The minimum atomic E-state index is -0.191. The Balaban J connectivity index is 1.75. The van der Waals surface area contributed by atoms with Crippen LogP contribution in [-0.4, -0.2) is 30.4 Å². The Hall–Kier alpha value is -1.78. The molecule has 122 valence electrons. The first kappa shape index (κ1) is 16.1. The Kier molecular flexibility index (Phi) is 5.36. The van der Waals surface area contributed by atoms with Crippen LogP contribution in [0.1, 0.15) is 41.4 Å². The highest BCUT2D eigenvalue weighted by Crippen LogP contribution is 2.29. The second-order valence-corrected chi connectivity index (χ2v) is 6.23. The molecule has 1 fully saturated rings. The van der Waals surface area contributed by atoms with Crippen LogP contribution in [0, 0.1) is 0 Å². The summed E-state index contributed by atoms with van der Waals surface area (Å²) in [5, 5.41) is 3.72.